The van der Waals surface area contributed by atoms with Gasteiger partial charge >= 0.3 is 0 Å². The van der Waals surface area contributed by atoms with Crippen LogP contribution in [0, 0.1) is 0 Å². The zero-order valence-corrected chi connectivity index (χ0v) is 17.4. The number of ether oxygens (including phenoxy) is 1. The molecule has 0 amide bonds. The van der Waals surface area contributed by atoms with Gasteiger partial charge < -0.3 is 15.8 Å². The van der Waals surface area contributed by atoms with Crippen LogP contribution in [0.2, 0.25) is 0 Å². The molecule has 0 aliphatic carbocycles. The number of hydrogen-bond acceptors (Lipinski definition) is 2. The van der Waals surface area contributed by atoms with Crippen molar-refractivity contribution in [3.63, 3.8) is 0 Å². The summed E-state index contributed by atoms with van der Waals surface area (Å²) in [6.45, 7) is 1.18. The summed E-state index contributed by atoms with van der Waals surface area (Å²) in [4.78, 5) is 4.38. The highest BCUT2D eigenvalue weighted by atomic mass is 127. The zero-order valence-electron chi connectivity index (χ0n) is 15.0. The van der Waals surface area contributed by atoms with Crippen LogP contribution in [0.25, 0.3) is 0 Å². The van der Waals surface area contributed by atoms with E-state index in [4.69, 9.17) is 10.5 Å². The minimum Gasteiger partial charge on any atom is -0.489 e. The van der Waals surface area contributed by atoms with Gasteiger partial charge in [-0.05, 0) is 41.8 Å². The van der Waals surface area contributed by atoms with Gasteiger partial charge in [0, 0.05) is 12.2 Å². The van der Waals surface area contributed by atoms with Crippen LogP contribution in [-0.4, -0.2) is 12.5 Å². The molecular formula is C22H24IN3O. The molecular weight excluding hydrogens is 449 g/mol. The minimum atomic E-state index is 0. The third-order valence-corrected chi connectivity index (χ3v) is 3.88. The fraction of sp³-hybridized carbons (Fsp3) is 0.136. The molecule has 0 saturated carbocycles. The van der Waals surface area contributed by atoms with Crippen molar-refractivity contribution in [2.24, 2.45) is 10.7 Å². The van der Waals surface area contributed by atoms with Crippen molar-refractivity contribution >= 4 is 35.6 Å². The normalized spacial score (nSPS) is 10.7. The van der Waals surface area contributed by atoms with Gasteiger partial charge in [0.25, 0.3) is 0 Å². The molecule has 0 heterocycles. The number of guanidine groups is 1. The van der Waals surface area contributed by atoms with Gasteiger partial charge in [0.05, 0.1) is 0 Å². The lowest BCUT2D eigenvalue weighted by molar-refractivity contribution is 0.306. The molecule has 3 rings (SSSR count). The number of nitrogens with one attached hydrogen (secondary N) is 1. The molecule has 27 heavy (non-hydrogen) atoms. The number of nitrogens with two attached hydrogens (primary N) is 1. The highest BCUT2D eigenvalue weighted by Gasteiger charge is 1.99. The molecule has 0 saturated heterocycles. The van der Waals surface area contributed by atoms with E-state index >= 15 is 0 Å². The van der Waals surface area contributed by atoms with E-state index < -0.39 is 0 Å². The molecule has 3 aromatic carbocycles. The van der Waals surface area contributed by atoms with E-state index in [1.807, 2.05) is 60.7 Å². The van der Waals surface area contributed by atoms with Crippen LogP contribution in [-0.2, 0) is 13.0 Å². The van der Waals surface area contributed by atoms with Gasteiger partial charge in [0.15, 0.2) is 5.96 Å². The van der Waals surface area contributed by atoms with Crippen LogP contribution in [0.4, 0.5) is 5.69 Å². The SMILES string of the molecule is I.NC(=NCCc1cccc(OCc2ccccc2)c1)Nc1ccccc1. The Balaban J connectivity index is 0.00000261. The van der Waals surface area contributed by atoms with Crippen LogP contribution in [0.5, 0.6) is 5.75 Å². The standard InChI is InChI=1S/C22H23N3O.HI/c23-22(25-20-11-5-2-6-12-20)24-15-14-18-10-7-13-21(16-18)26-17-19-8-3-1-4-9-19;/h1-13,16H,14-15,17H2,(H3,23,24,25);1H. The Hall–Kier alpha value is -2.54. The van der Waals surface area contributed by atoms with Gasteiger partial charge in [-0.2, -0.15) is 0 Å². The molecule has 0 aromatic heterocycles. The van der Waals surface area contributed by atoms with E-state index in [0.717, 1.165) is 23.4 Å². The summed E-state index contributed by atoms with van der Waals surface area (Å²) >= 11 is 0. The lowest BCUT2D eigenvalue weighted by Gasteiger charge is -2.08. The fourth-order valence-corrected chi connectivity index (χ4v) is 2.55. The number of nitrogens with zero attached hydrogens (tertiary/aromatic N) is 1. The van der Waals surface area contributed by atoms with E-state index in [9.17, 15) is 0 Å². The smallest absolute Gasteiger partial charge is 0.193 e. The van der Waals surface area contributed by atoms with Crippen molar-refractivity contribution in [1.29, 1.82) is 0 Å². The summed E-state index contributed by atoms with van der Waals surface area (Å²) in [7, 11) is 0. The Morgan fingerprint density at radius 3 is 2.26 bits per heavy atom. The van der Waals surface area contributed by atoms with Gasteiger partial charge in [-0.25, -0.2) is 0 Å². The van der Waals surface area contributed by atoms with Crippen LogP contribution < -0.4 is 15.8 Å². The maximum atomic E-state index is 5.93. The molecule has 0 spiro atoms. The molecule has 3 aromatic rings. The molecule has 0 radical (unpaired) electrons. The molecule has 0 bridgehead atoms. The summed E-state index contributed by atoms with van der Waals surface area (Å²) in [5, 5.41) is 3.08. The molecule has 4 nitrogen and oxygen atoms in total. The monoisotopic (exact) mass is 473 g/mol. The first-order valence-corrected chi connectivity index (χ1v) is 8.67. The maximum Gasteiger partial charge on any atom is 0.193 e. The summed E-state index contributed by atoms with van der Waals surface area (Å²) < 4.78 is 5.87. The number of halogens is 1. The molecule has 0 fully saturated rings. The topological polar surface area (TPSA) is 59.6 Å². The van der Waals surface area contributed by atoms with Crippen molar-refractivity contribution < 1.29 is 4.74 Å². The number of aliphatic imine (C=N–C) groups is 1. The lowest BCUT2D eigenvalue weighted by atomic mass is 10.1. The predicted octanol–water partition coefficient (Wildman–Crippen LogP) is 4.85. The second kappa shape index (κ2) is 11.2. The third kappa shape index (κ3) is 7.30. The first-order valence-electron chi connectivity index (χ1n) is 8.67. The number of hydrogen-bond donors (Lipinski definition) is 2. The average Bonchev–Trinajstić information content (AvgIpc) is 2.68. The minimum absolute atomic E-state index is 0. The quantitative estimate of drug-likeness (QED) is 0.293. The molecule has 0 aliphatic rings. The number of rotatable bonds is 7. The van der Waals surface area contributed by atoms with Gasteiger partial charge in [-0.1, -0.05) is 60.7 Å². The lowest BCUT2D eigenvalue weighted by Crippen LogP contribution is -2.23. The fourth-order valence-electron chi connectivity index (χ4n) is 2.55. The Bertz CT molecular complexity index is 838. The van der Waals surface area contributed by atoms with Gasteiger partial charge in [-0.15, -0.1) is 24.0 Å². The largest absolute Gasteiger partial charge is 0.489 e. The summed E-state index contributed by atoms with van der Waals surface area (Å²) in [5.74, 6) is 1.29. The van der Waals surface area contributed by atoms with Crippen LogP contribution in [0.3, 0.4) is 0 Å². The van der Waals surface area contributed by atoms with Gasteiger partial charge in [-0.3, -0.25) is 4.99 Å². The van der Waals surface area contributed by atoms with Gasteiger partial charge in [0.2, 0.25) is 0 Å². The van der Waals surface area contributed by atoms with Crippen molar-refractivity contribution in [3.8, 4) is 5.75 Å². The van der Waals surface area contributed by atoms with E-state index in [1.54, 1.807) is 0 Å². The molecule has 3 N–H and O–H groups in total. The van der Waals surface area contributed by atoms with Crippen LogP contribution >= 0.6 is 24.0 Å². The second-order valence-electron chi connectivity index (χ2n) is 5.93. The van der Waals surface area contributed by atoms with E-state index in [-0.39, 0.29) is 24.0 Å². The first kappa shape index (κ1) is 20.8. The van der Waals surface area contributed by atoms with E-state index in [2.05, 4.69) is 34.6 Å². The molecule has 140 valence electrons. The number of anilines is 1. The van der Waals surface area contributed by atoms with E-state index in [1.165, 1.54) is 5.56 Å². The highest BCUT2D eigenvalue weighted by Crippen LogP contribution is 2.15. The number of benzene rings is 3. The first-order chi connectivity index (χ1) is 12.8. The Kier molecular flexibility index (Phi) is 8.64. The van der Waals surface area contributed by atoms with Crippen molar-refractivity contribution in [3.05, 3.63) is 96.1 Å². The Morgan fingerprint density at radius 1 is 0.852 bits per heavy atom. The third-order valence-electron chi connectivity index (χ3n) is 3.88. The summed E-state index contributed by atoms with van der Waals surface area (Å²) in [6.07, 6.45) is 0.805. The van der Waals surface area contributed by atoms with Crippen molar-refractivity contribution in [2.75, 3.05) is 11.9 Å². The van der Waals surface area contributed by atoms with Crippen molar-refractivity contribution in [2.45, 2.75) is 13.0 Å². The predicted molar refractivity (Wildman–Crippen MR) is 123 cm³/mol. The summed E-state index contributed by atoms with van der Waals surface area (Å²) in [6, 6.07) is 28.0. The summed E-state index contributed by atoms with van der Waals surface area (Å²) in [5.41, 5.74) is 9.19. The van der Waals surface area contributed by atoms with Crippen LogP contribution in [0.15, 0.2) is 89.9 Å². The van der Waals surface area contributed by atoms with E-state index in [0.29, 0.717) is 19.1 Å². The molecule has 0 aliphatic heterocycles. The Labute approximate surface area is 177 Å². The highest BCUT2D eigenvalue weighted by molar-refractivity contribution is 14.0. The van der Waals surface area contributed by atoms with Crippen molar-refractivity contribution in [1.82, 2.24) is 0 Å². The maximum absolute atomic E-state index is 5.93. The number of para-hydroxylation sites is 1. The molecule has 0 atom stereocenters. The molecule has 5 heteroatoms. The molecule has 0 unspecified atom stereocenters. The zero-order chi connectivity index (χ0) is 18.0. The van der Waals surface area contributed by atoms with Gasteiger partial charge in [0.1, 0.15) is 12.4 Å². The average molecular weight is 473 g/mol. The van der Waals surface area contributed by atoms with Crippen LogP contribution in [0.1, 0.15) is 11.1 Å². The Morgan fingerprint density at radius 2 is 1.52 bits per heavy atom. The second-order valence-corrected chi connectivity index (χ2v) is 5.93.